The molecule has 0 bridgehead atoms. The van der Waals surface area contributed by atoms with Crippen molar-refractivity contribution in [2.45, 2.75) is 50.2 Å². The summed E-state index contributed by atoms with van der Waals surface area (Å²) in [5.41, 5.74) is 0.688. The van der Waals surface area contributed by atoms with Gasteiger partial charge in [0.1, 0.15) is 0 Å². The topological polar surface area (TPSA) is 80.2 Å². The molecule has 1 saturated carbocycles. The molecule has 1 atom stereocenters. The largest absolute Gasteiger partial charge is 0.261 e. The highest BCUT2D eigenvalue weighted by Crippen LogP contribution is 2.39. The van der Waals surface area contributed by atoms with Crippen molar-refractivity contribution in [1.82, 2.24) is 9.97 Å². The van der Waals surface area contributed by atoms with Gasteiger partial charge in [0.25, 0.3) is 10.0 Å². The number of allylic oxidation sites excluding steroid dienone is 1. The van der Waals surface area contributed by atoms with Crippen LogP contribution in [0.1, 0.15) is 44.6 Å². The van der Waals surface area contributed by atoms with Crippen molar-refractivity contribution >= 4 is 32.7 Å². The van der Waals surface area contributed by atoms with Crippen LogP contribution >= 0.6 is 0 Å². The second-order valence-electron chi connectivity index (χ2n) is 5.59. The normalized spacial score (nSPS) is 22.3. The van der Waals surface area contributed by atoms with Gasteiger partial charge in [0.05, 0.1) is 15.7 Å². The van der Waals surface area contributed by atoms with Crippen LogP contribution in [0.2, 0.25) is 0 Å². The summed E-state index contributed by atoms with van der Waals surface area (Å²) in [5.74, 6) is 0.379. The van der Waals surface area contributed by atoms with Crippen LogP contribution < -0.4 is 4.31 Å². The Bertz CT molecular complexity index is 753. The van der Waals surface area contributed by atoms with Crippen LogP contribution in [0.4, 0.5) is 5.82 Å². The summed E-state index contributed by atoms with van der Waals surface area (Å²) in [6, 6.07) is -0.0629. The third-order valence-electron chi connectivity index (χ3n) is 4.15. The standard InChI is InChI=1S/C14H19N3O3S2/c1-3-12-8-10-9-15-14(21(2)18)16-13(10)17(22(12,19)20)11-6-4-5-7-11/h8-9,11H,3-7H2,1-2H3. The molecule has 0 aromatic carbocycles. The Morgan fingerprint density at radius 3 is 2.64 bits per heavy atom. The van der Waals surface area contributed by atoms with Gasteiger partial charge in [0.2, 0.25) is 5.16 Å². The van der Waals surface area contributed by atoms with E-state index in [1.165, 1.54) is 10.6 Å². The Labute approximate surface area is 133 Å². The van der Waals surface area contributed by atoms with Gasteiger partial charge in [-0.3, -0.25) is 4.21 Å². The summed E-state index contributed by atoms with van der Waals surface area (Å²) < 4.78 is 38.9. The molecule has 22 heavy (non-hydrogen) atoms. The lowest BCUT2D eigenvalue weighted by atomic mass is 10.2. The van der Waals surface area contributed by atoms with E-state index in [4.69, 9.17) is 0 Å². The van der Waals surface area contributed by atoms with E-state index in [-0.39, 0.29) is 11.2 Å². The van der Waals surface area contributed by atoms with Gasteiger partial charge in [-0.25, -0.2) is 22.7 Å². The molecule has 2 heterocycles. The fourth-order valence-electron chi connectivity index (χ4n) is 3.06. The van der Waals surface area contributed by atoms with E-state index >= 15 is 0 Å². The molecule has 3 rings (SSSR count). The van der Waals surface area contributed by atoms with Gasteiger partial charge in [-0.15, -0.1) is 0 Å². The van der Waals surface area contributed by atoms with Crippen molar-refractivity contribution in [1.29, 1.82) is 0 Å². The van der Waals surface area contributed by atoms with Gasteiger partial charge in [-0.2, -0.15) is 0 Å². The zero-order valence-electron chi connectivity index (χ0n) is 12.7. The number of fused-ring (bicyclic) bond motifs is 1. The lowest BCUT2D eigenvalue weighted by molar-refractivity contribution is 0.576. The summed E-state index contributed by atoms with van der Waals surface area (Å²) in [4.78, 5) is 8.78. The second-order valence-corrected chi connectivity index (χ2v) is 8.73. The predicted molar refractivity (Wildman–Crippen MR) is 86.3 cm³/mol. The van der Waals surface area contributed by atoms with Gasteiger partial charge < -0.3 is 0 Å². The average Bonchev–Trinajstić information content (AvgIpc) is 2.98. The van der Waals surface area contributed by atoms with Crippen LogP contribution in [-0.2, 0) is 20.8 Å². The third-order valence-corrected chi connectivity index (χ3v) is 6.92. The summed E-state index contributed by atoms with van der Waals surface area (Å²) in [7, 11) is -4.89. The van der Waals surface area contributed by atoms with E-state index in [0.29, 0.717) is 22.7 Å². The SMILES string of the molecule is CCC1=Cc2cnc(S(C)=O)nc2N(C2CCCC2)S1(=O)=O. The van der Waals surface area contributed by atoms with Crippen LogP contribution in [0.25, 0.3) is 6.08 Å². The quantitative estimate of drug-likeness (QED) is 0.786. The first-order chi connectivity index (χ1) is 10.4. The van der Waals surface area contributed by atoms with Gasteiger partial charge >= 0.3 is 0 Å². The second kappa shape index (κ2) is 5.73. The first-order valence-corrected chi connectivity index (χ1v) is 10.4. The molecule has 0 spiro atoms. The van der Waals surface area contributed by atoms with Gasteiger partial charge in [0.15, 0.2) is 5.82 Å². The maximum Gasteiger partial charge on any atom is 0.261 e. The van der Waals surface area contributed by atoms with E-state index in [0.717, 1.165) is 25.7 Å². The van der Waals surface area contributed by atoms with E-state index in [2.05, 4.69) is 9.97 Å². The summed E-state index contributed by atoms with van der Waals surface area (Å²) in [6.07, 6.45) is 8.86. The van der Waals surface area contributed by atoms with Crippen LogP contribution in [0.5, 0.6) is 0 Å². The van der Waals surface area contributed by atoms with Crippen LogP contribution in [0.3, 0.4) is 0 Å². The van der Waals surface area contributed by atoms with E-state index in [1.807, 2.05) is 6.92 Å². The maximum absolute atomic E-state index is 12.9. The van der Waals surface area contributed by atoms with Crippen LogP contribution in [0, 0.1) is 0 Å². The van der Waals surface area contributed by atoms with Gasteiger partial charge in [0, 0.05) is 24.1 Å². The van der Waals surface area contributed by atoms with E-state index in [1.54, 1.807) is 12.3 Å². The van der Waals surface area contributed by atoms with Crippen molar-refractivity contribution in [3.8, 4) is 0 Å². The molecule has 1 aliphatic carbocycles. The van der Waals surface area contributed by atoms with Crippen LogP contribution in [-0.4, -0.2) is 34.9 Å². The minimum absolute atomic E-state index is 0.0629. The Hall–Kier alpha value is -1.28. The Morgan fingerprint density at radius 2 is 2.05 bits per heavy atom. The first kappa shape index (κ1) is 15.6. The molecule has 6 nitrogen and oxygen atoms in total. The Kier molecular flexibility index (Phi) is 4.07. The zero-order valence-corrected chi connectivity index (χ0v) is 14.3. The van der Waals surface area contributed by atoms with E-state index in [9.17, 15) is 12.6 Å². The highest BCUT2D eigenvalue weighted by atomic mass is 32.2. The number of rotatable bonds is 3. The molecular weight excluding hydrogens is 322 g/mol. The molecule has 1 fully saturated rings. The molecule has 1 aliphatic heterocycles. The number of nitrogens with zero attached hydrogens (tertiary/aromatic N) is 3. The van der Waals surface area contributed by atoms with Crippen molar-refractivity contribution in [2.75, 3.05) is 10.6 Å². The van der Waals surface area contributed by atoms with Crippen molar-refractivity contribution in [3.05, 3.63) is 16.7 Å². The summed E-state index contributed by atoms with van der Waals surface area (Å²) in [5, 5.41) is 0.172. The third kappa shape index (κ3) is 2.48. The molecular formula is C14H19N3O3S2. The predicted octanol–water partition coefficient (Wildman–Crippen LogP) is 2.06. The highest BCUT2D eigenvalue weighted by Gasteiger charge is 2.39. The maximum atomic E-state index is 12.9. The van der Waals surface area contributed by atoms with Crippen molar-refractivity contribution < 1.29 is 12.6 Å². The summed E-state index contributed by atoms with van der Waals surface area (Å²) >= 11 is 0. The minimum atomic E-state index is -3.55. The van der Waals surface area contributed by atoms with Crippen molar-refractivity contribution in [3.63, 3.8) is 0 Å². The fourth-order valence-corrected chi connectivity index (χ4v) is 5.35. The number of aromatic nitrogens is 2. The minimum Gasteiger partial charge on any atom is -0.251 e. The molecule has 120 valence electrons. The number of hydrogen-bond acceptors (Lipinski definition) is 5. The van der Waals surface area contributed by atoms with Gasteiger partial charge in [-0.1, -0.05) is 19.8 Å². The monoisotopic (exact) mass is 341 g/mol. The molecule has 0 N–H and O–H groups in total. The molecule has 0 amide bonds. The zero-order chi connectivity index (χ0) is 15.9. The molecule has 0 saturated heterocycles. The van der Waals surface area contributed by atoms with Crippen LogP contribution in [0.15, 0.2) is 16.3 Å². The summed E-state index contributed by atoms with van der Waals surface area (Å²) in [6.45, 7) is 1.83. The molecule has 8 heteroatoms. The Morgan fingerprint density at radius 1 is 1.36 bits per heavy atom. The number of anilines is 1. The molecule has 1 unspecified atom stereocenters. The molecule has 2 aliphatic rings. The fraction of sp³-hybridized carbons (Fsp3) is 0.571. The molecule has 1 aromatic rings. The van der Waals surface area contributed by atoms with Gasteiger partial charge in [-0.05, 0) is 25.3 Å². The lowest BCUT2D eigenvalue weighted by Crippen LogP contribution is -2.42. The highest BCUT2D eigenvalue weighted by molar-refractivity contribution is 7.96. The smallest absolute Gasteiger partial charge is 0.251 e. The lowest BCUT2D eigenvalue weighted by Gasteiger charge is -2.33. The average molecular weight is 341 g/mol. The number of hydrogen-bond donors (Lipinski definition) is 0. The first-order valence-electron chi connectivity index (χ1n) is 7.40. The van der Waals surface area contributed by atoms with E-state index < -0.39 is 20.8 Å². The molecule has 1 aromatic heterocycles. The Balaban J connectivity index is 2.21. The molecule has 0 radical (unpaired) electrons. The van der Waals surface area contributed by atoms with Crippen molar-refractivity contribution in [2.24, 2.45) is 0 Å². The number of sulfonamides is 1.